The summed E-state index contributed by atoms with van der Waals surface area (Å²) in [5.74, 6) is 0.194. The van der Waals surface area contributed by atoms with Crippen molar-refractivity contribution in [3.63, 3.8) is 0 Å². The van der Waals surface area contributed by atoms with Crippen LogP contribution in [-0.2, 0) is 17.7 Å². The number of hydrogen-bond acceptors (Lipinski definition) is 6. The highest BCUT2D eigenvalue weighted by atomic mass is 16.5. The van der Waals surface area contributed by atoms with Crippen LogP contribution in [0.3, 0.4) is 0 Å². The Labute approximate surface area is 156 Å². The van der Waals surface area contributed by atoms with E-state index >= 15 is 0 Å². The van der Waals surface area contributed by atoms with Gasteiger partial charge in [0, 0.05) is 44.4 Å². The first-order valence-corrected chi connectivity index (χ1v) is 9.52. The quantitative estimate of drug-likeness (QED) is 0.843. The molecule has 0 spiro atoms. The van der Waals surface area contributed by atoms with Crippen molar-refractivity contribution in [2.24, 2.45) is 5.92 Å². The van der Waals surface area contributed by atoms with Crippen LogP contribution in [0, 0.1) is 5.92 Å². The number of pyridine rings is 1. The Hall–Kier alpha value is -2.32. The number of fused-ring (bicyclic) bond motifs is 3. The number of H-pyrrole nitrogens is 1. The van der Waals surface area contributed by atoms with Gasteiger partial charge in [0.05, 0.1) is 18.6 Å². The van der Waals surface area contributed by atoms with Gasteiger partial charge in [0.1, 0.15) is 5.65 Å². The zero-order chi connectivity index (χ0) is 19.0. The van der Waals surface area contributed by atoms with Crippen LogP contribution in [0.25, 0.3) is 11.0 Å². The third-order valence-corrected chi connectivity index (χ3v) is 5.46. The molecular formula is C19H24N4O4. The van der Waals surface area contributed by atoms with Crippen LogP contribution in [0.15, 0.2) is 15.8 Å². The summed E-state index contributed by atoms with van der Waals surface area (Å²) < 4.78 is 6.88. The molecule has 0 amide bonds. The molecule has 2 aromatic heterocycles. The summed E-state index contributed by atoms with van der Waals surface area (Å²) in [7, 11) is 0. The Morgan fingerprint density at radius 2 is 1.96 bits per heavy atom. The van der Waals surface area contributed by atoms with Crippen molar-refractivity contribution in [2.75, 3.05) is 32.8 Å². The van der Waals surface area contributed by atoms with Crippen LogP contribution >= 0.6 is 0 Å². The van der Waals surface area contributed by atoms with Crippen molar-refractivity contribution in [1.82, 2.24) is 19.4 Å². The van der Waals surface area contributed by atoms with Crippen molar-refractivity contribution in [3.8, 4) is 0 Å². The van der Waals surface area contributed by atoms with Crippen LogP contribution in [0.4, 0.5) is 0 Å². The number of ketones is 1. The maximum absolute atomic E-state index is 12.5. The van der Waals surface area contributed by atoms with Crippen molar-refractivity contribution in [1.29, 1.82) is 0 Å². The Morgan fingerprint density at radius 3 is 2.74 bits per heavy atom. The molecule has 27 heavy (non-hydrogen) atoms. The largest absolute Gasteiger partial charge is 0.379 e. The molecule has 1 saturated heterocycles. The van der Waals surface area contributed by atoms with Gasteiger partial charge in [0.25, 0.3) is 5.56 Å². The molecule has 8 heteroatoms. The summed E-state index contributed by atoms with van der Waals surface area (Å²) in [6.07, 6.45) is 3.42. The average Bonchev–Trinajstić information content (AvgIpc) is 2.64. The number of rotatable bonds is 4. The van der Waals surface area contributed by atoms with E-state index in [1.807, 2.05) is 6.92 Å². The lowest BCUT2D eigenvalue weighted by Crippen LogP contribution is -2.38. The van der Waals surface area contributed by atoms with E-state index in [2.05, 4.69) is 14.9 Å². The predicted molar refractivity (Wildman–Crippen MR) is 100 cm³/mol. The highest BCUT2D eigenvalue weighted by Gasteiger charge is 2.27. The molecule has 4 rings (SSSR count). The molecule has 1 atom stereocenters. The number of carbonyl (C=O) groups is 1. The summed E-state index contributed by atoms with van der Waals surface area (Å²) in [4.78, 5) is 46.3. The molecule has 2 aliphatic rings. The highest BCUT2D eigenvalue weighted by Crippen LogP contribution is 2.28. The van der Waals surface area contributed by atoms with Crippen LogP contribution < -0.4 is 11.2 Å². The number of carbonyl (C=O) groups excluding carboxylic acids is 1. The van der Waals surface area contributed by atoms with E-state index in [9.17, 15) is 14.4 Å². The second-order valence-electron chi connectivity index (χ2n) is 7.50. The first kappa shape index (κ1) is 18.1. The topological polar surface area (TPSA) is 97.3 Å². The molecule has 1 aliphatic heterocycles. The number of hydrogen-bond donors (Lipinski definition) is 1. The third kappa shape index (κ3) is 3.46. The van der Waals surface area contributed by atoms with Gasteiger partial charge >= 0.3 is 5.69 Å². The number of morpholine rings is 1. The van der Waals surface area contributed by atoms with E-state index in [0.29, 0.717) is 36.0 Å². The fourth-order valence-electron chi connectivity index (χ4n) is 4.09. The van der Waals surface area contributed by atoms with E-state index in [1.54, 1.807) is 0 Å². The second kappa shape index (κ2) is 7.36. The molecule has 144 valence electrons. The lowest BCUT2D eigenvalue weighted by Gasteiger charge is -2.26. The zero-order valence-electron chi connectivity index (χ0n) is 15.5. The van der Waals surface area contributed by atoms with E-state index in [-0.39, 0.29) is 11.7 Å². The summed E-state index contributed by atoms with van der Waals surface area (Å²) in [5.41, 5.74) is 0.728. The van der Waals surface area contributed by atoms with Gasteiger partial charge in [-0.25, -0.2) is 9.78 Å². The van der Waals surface area contributed by atoms with Gasteiger partial charge in [0.15, 0.2) is 5.78 Å². The number of Topliss-reactive ketones (excluding diaryl/α,β-unsaturated/α-hetero) is 1. The number of aryl methyl sites for hydroxylation is 1. The highest BCUT2D eigenvalue weighted by molar-refractivity contribution is 6.02. The fourth-order valence-corrected chi connectivity index (χ4v) is 4.09. The van der Waals surface area contributed by atoms with Gasteiger partial charge in [-0.3, -0.25) is 24.0 Å². The molecule has 8 nitrogen and oxygen atoms in total. The maximum Gasteiger partial charge on any atom is 0.329 e. The van der Waals surface area contributed by atoms with E-state index in [0.717, 1.165) is 44.8 Å². The van der Waals surface area contributed by atoms with Gasteiger partial charge in [-0.15, -0.1) is 0 Å². The number of aromatic nitrogens is 3. The minimum atomic E-state index is -0.453. The minimum absolute atomic E-state index is 0.0163. The van der Waals surface area contributed by atoms with Gasteiger partial charge in [-0.1, -0.05) is 6.92 Å². The summed E-state index contributed by atoms with van der Waals surface area (Å²) in [6, 6.07) is 0. The standard InChI is InChI=1S/C19H24N4O4/c1-12-9-13-14(15(24)10-12)11-20-17-16(13)18(25)21-19(26)23(17)4-2-3-22-5-7-27-8-6-22/h11-12H,2-10H2,1H3,(H,21,25,26). The lowest BCUT2D eigenvalue weighted by atomic mass is 9.84. The Morgan fingerprint density at radius 1 is 1.19 bits per heavy atom. The Bertz CT molecular complexity index is 988. The second-order valence-corrected chi connectivity index (χ2v) is 7.50. The molecule has 2 aromatic rings. The first-order valence-electron chi connectivity index (χ1n) is 9.52. The molecule has 1 N–H and O–H groups in total. The van der Waals surface area contributed by atoms with Crippen LogP contribution in [-0.4, -0.2) is 58.1 Å². The molecule has 1 aliphatic carbocycles. The first-order chi connectivity index (χ1) is 13.0. The average molecular weight is 372 g/mol. The number of ether oxygens (including phenoxy) is 1. The minimum Gasteiger partial charge on any atom is -0.379 e. The van der Waals surface area contributed by atoms with Crippen molar-refractivity contribution < 1.29 is 9.53 Å². The molecular weight excluding hydrogens is 348 g/mol. The number of nitrogens with zero attached hydrogens (tertiary/aromatic N) is 3. The number of nitrogens with one attached hydrogen (secondary N) is 1. The van der Waals surface area contributed by atoms with E-state index < -0.39 is 11.2 Å². The third-order valence-electron chi connectivity index (χ3n) is 5.46. The maximum atomic E-state index is 12.5. The summed E-state index contributed by atoms with van der Waals surface area (Å²) in [6.45, 7) is 6.60. The molecule has 0 saturated carbocycles. The number of aromatic amines is 1. The molecule has 0 bridgehead atoms. The van der Waals surface area contributed by atoms with E-state index in [1.165, 1.54) is 10.8 Å². The van der Waals surface area contributed by atoms with Gasteiger partial charge in [-0.2, -0.15) is 0 Å². The van der Waals surface area contributed by atoms with Crippen molar-refractivity contribution in [3.05, 3.63) is 38.2 Å². The SMILES string of the molecule is CC1CC(=O)c2cnc3c(c2C1)c(=O)[nH]c(=O)n3CCCN1CCOCC1. The fraction of sp³-hybridized carbons (Fsp3) is 0.579. The molecule has 3 heterocycles. The van der Waals surface area contributed by atoms with Crippen LogP contribution in [0.1, 0.15) is 35.7 Å². The molecule has 0 aromatic carbocycles. The molecule has 1 fully saturated rings. The Balaban J connectivity index is 1.69. The zero-order valence-corrected chi connectivity index (χ0v) is 15.5. The lowest BCUT2D eigenvalue weighted by molar-refractivity contribution is 0.0369. The molecule has 1 unspecified atom stereocenters. The normalized spacial score (nSPS) is 20.8. The molecule has 0 radical (unpaired) electrons. The van der Waals surface area contributed by atoms with Crippen molar-refractivity contribution >= 4 is 16.8 Å². The predicted octanol–water partition coefficient (Wildman–Crippen LogP) is 0.572. The monoisotopic (exact) mass is 372 g/mol. The smallest absolute Gasteiger partial charge is 0.329 e. The van der Waals surface area contributed by atoms with Gasteiger partial charge in [0.2, 0.25) is 0 Å². The van der Waals surface area contributed by atoms with Gasteiger partial charge in [-0.05, 0) is 24.3 Å². The van der Waals surface area contributed by atoms with E-state index in [4.69, 9.17) is 4.74 Å². The van der Waals surface area contributed by atoms with Crippen LogP contribution in [0.5, 0.6) is 0 Å². The summed E-state index contributed by atoms with van der Waals surface area (Å²) >= 11 is 0. The summed E-state index contributed by atoms with van der Waals surface area (Å²) in [5, 5.41) is 0.387. The van der Waals surface area contributed by atoms with Crippen molar-refractivity contribution in [2.45, 2.75) is 32.7 Å². The Kier molecular flexibility index (Phi) is 4.92. The van der Waals surface area contributed by atoms with Crippen LogP contribution in [0.2, 0.25) is 0 Å². The van der Waals surface area contributed by atoms with Gasteiger partial charge < -0.3 is 4.74 Å².